The Morgan fingerprint density at radius 3 is 2.73 bits per heavy atom. The highest BCUT2D eigenvalue weighted by molar-refractivity contribution is 5.82. The molecule has 0 aromatic heterocycles. The summed E-state index contributed by atoms with van der Waals surface area (Å²) >= 11 is 0. The summed E-state index contributed by atoms with van der Waals surface area (Å²) in [6.07, 6.45) is 2.29. The maximum Gasteiger partial charge on any atom is 0.237 e. The molecule has 1 saturated heterocycles. The fourth-order valence-electron chi connectivity index (χ4n) is 2.07. The van der Waals surface area contributed by atoms with Crippen molar-refractivity contribution in [3.8, 4) is 0 Å². The van der Waals surface area contributed by atoms with Crippen LogP contribution in [0.15, 0.2) is 0 Å². The predicted molar refractivity (Wildman–Crippen MR) is 62.7 cm³/mol. The molecule has 0 saturated carbocycles. The number of amides is 1. The molecule has 15 heavy (non-hydrogen) atoms. The molecule has 0 spiro atoms. The van der Waals surface area contributed by atoms with Gasteiger partial charge in [-0.25, -0.2) is 0 Å². The summed E-state index contributed by atoms with van der Waals surface area (Å²) in [7, 11) is 0. The van der Waals surface area contributed by atoms with Crippen LogP contribution in [-0.4, -0.2) is 25.0 Å². The summed E-state index contributed by atoms with van der Waals surface area (Å²) in [6.45, 7) is 10.3. The number of hydrogen-bond acceptors (Lipinski definition) is 2. The van der Waals surface area contributed by atoms with E-state index in [1.165, 1.54) is 6.42 Å². The van der Waals surface area contributed by atoms with Crippen LogP contribution in [-0.2, 0) is 4.79 Å². The van der Waals surface area contributed by atoms with E-state index in [0.29, 0.717) is 5.92 Å². The van der Waals surface area contributed by atoms with Crippen LogP contribution < -0.4 is 10.6 Å². The molecule has 3 nitrogen and oxygen atoms in total. The van der Waals surface area contributed by atoms with Gasteiger partial charge >= 0.3 is 0 Å². The molecule has 3 heteroatoms. The van der Waals surface area contributed by atoms with Crippen molar-refractivity contribution in [2.75, 3.05) is 13.1 Å². The molecular weight excluding hydrogens is 188 g/mol. The van der Waals surface area contributed by atoms with Crippen LogP contribution in [0.4, 0.5) is 0 Å². The molecule has 2 N–H and O–H groups in total. The van der Waals surface area contributed by atoms with E-state index < -0.39 is 0 Å². The van der Waals surface area contributed by atoms with E-state index in [9.17, 15) is 4.79 Å². The van der Waals surface area contributed by atoms with Gasteiger partial charge in [-0.05, 0) is 30.7 Å². The Hall–Kier alpha value is -0.570. The van der Waals surface area contributed by atoms with E-state index in [-0.39, 0.29) is 17.4 Å². The third kappa shape index (κ3) is 3.49. The van der Waals surface area contributed by atoms with Gasteiger partial charge < -0.3 is 10.6 Å². The van der Waals surface area contributed by atoms with Crippen molar-refractivity contribution in [2.24, 2.45) is 11.3 Å². The maximum absolute atomic E-state index is 11.9. The van der Waals surface area contributed by atoms with Crippen LogP contribution >= 0.6 is 0 Å². The Bertz CT molecular complexity index is 224. The zero-order valence-corrected chi connectivity index (χ0v) is 10.4. The number of carbonyl (C=O) groups excluding carboxylic acids is 1. The maximum atomic E-state index is 11.9. The van der Waals surface area contributed by atoms with Gasteiger partial charge in [-0.2, -0.15) is 0 Å². The first-order valence-electron chi connectivity index (χ1n) is 5.94. The van der Waals surface area contributed by atoms with Gasteiger partial charge in [0.1, 0.15) is 0 Å². The van der Waals surface area contributed by atoms with Gasteiger partial charge in [0, 0.05) is 6.54 Å². The number of carbonyl (C=O) groups is 1. The van der Waals surface area contributed by atoms with Crippen LogP contribution in [0.3, 0.4) is 0 Å². The van der Waals surface area contributed by atoms with E-state index in [0.717, 1.165) is 19.5 Å². The van der Waals surface area contributed by atoms with Crippen molar-refractivity contribution in [1.29, 1.82) is 0 Å². The Morgan fingerprint density at radius 1 is 1.53 bits per heavy atom. The molecule has 1 aliphatic rings. The molecule has 1 rings (SSSR count). The molecule has 1 amide bonds. The first kappa shape index (κ1) is 12.5. The van der Waals surface area contributed by atoms with Crippen LogP contribution in [0.1, 0.15) is 40.5 Å². The van der Waals surface area contributed by atoms with Crippen LogP contribution in [0, 0.1) is 11.3 Å². The minimum Gasteiger partial charge on any atom is -0.354 e. The fraction of sp³-hybridized carbons (Fsp3) is 0.917. The topological polar surface area (TPSA) is 41.1 Å². The lowest BCUT2D eigenvalue weighted by molar-refractivity contribution is -0.126. The second-order valence-electron chi connectivity index (χ2n) is 5.62. The molecular formula is C12H24N2O. The van der Waals surface area contributed by atoms with Crippen molar-refractivity contribution >= 4 is 5.91 Å². The predicted octanol–water partition coefficient (Wildman–Crippen LogP) is 1.54. The average molecular weight is 212 g/mol. The lowest BCUT2D eigenvalue weighted by atomic mass is 9.77. The quantitative estimate of drug-likeness (QED) is 0.745. The van der Waals surface area contributed by atoms with Crippen molar-refractivity contribution in [1.82, 2.24) is 10.6 Å². The van der Waals surface area contributed by atoms with Crippen LogP contribution in [0.2, 0.25) is 0 Å². The highest BCUT2D eigenvalue weighted by atomic mass is 16.2. The summed E-state index contributed by atoms with van der Waals surface area (Å²) in [5.41, 5.74) is 0.0827. The summed E-state index contributed by atoms with van der Waals surface area (Å²) in [5.74, 6) is 0.675. The molecule has 1 unspecified atom stereocenters. The summed E-state index contributed by atoms with van der Waals surface area (Å²) in [6, 6.07) is -0.0231. The van der Waals surface area contributed by atoms with Gasteiger partial charge in [-0.1, -0.05) is 27.7 Å². The van der Waals surface area contributed by atoms with Crippen molar-refractivity contribution in [2.45, 2.75) is 46.6 Å². The lowest BCUT2D eigenvalue weighted by Gasteiger charge is -2.38. The molecule has 0 aliphatic carbocycles. The summed E-state index contributed by atoms with van der Waals surface area (Å²) in [4.78, 5) is 11.9. The second kappa shape index (κ2) is 4.97. The zero-order valence-electron chi connectivity index (χ0n) is 10.4. The van der Waals surface area contributed by atoms with Gasteiger partial charge in [0.05, 0.1) is 6.04 Å². The molecule has 0 aromatic carbocycles. The third-order valence-electron chi connectivity index (χ3n) is 3.07. The standard InChI is InChI=1S/C12H24N2O/c1-9(2)8-14-11(15)10-12(3,4)6-5-7-13-10/h9-10,13H,5-8H2,1-4H3,(H,14,15). The largest absolute Gasteiger partial charge is 0.354 e. The number of nitrogens with one attached hydrogen (secondary N) is 2. The molecule has 1 heterocycles. The van der Waals surface area contributed by atoms with Gasteiger partial charge in [0.2, 0.25) is 5.91 Å². The number of piperidine rings is 1. The molecule has 1 fully saturated rings. The molecule has 1 aliphatic heterocycles. The second-order valence-corrected chi connectivity index (χ2v) is 5.62. The van der Waals surface area contributed by atoms with E-state index in [1.807, 2.05) is 0 Å². The van der Waals surface area contributed by atoms with Gasteiger partial charge in [0.15, 0.2) is 0 Å². The van der Waals surface area contributed by atoms with Gasteiger partial charge in [0.25, 0.3) is 0 Å². The summed E-state index contributed by atoms with van der Waals surface area (Å²) < 4.78 is 0. The minimum absolute atomic E-state index is 0.0231. The van der Waals surface area contributed by atoms with E-state index in [2.05, 4.69) is 38.3 Å². The fourth-order valence-corrected chi connectivity index (χ4v) is 2.07. The molecule has 1 atom stereocenters. The smallest absolute Gasteiger partial charge is 0.237 e. The first-order chi connectivity index (χ1) is 6.93. The highest BCUT2D eigenvalue weighted by Gasteiger charge is 2.36. The Balaban J connectivity index is 2.49. The molecule has 88 valence electrons. The Labute approximate surface area is 93.0 Å². The molecule has 0 radical (unpaired) electrons. The number of rotatable bonds is 3. The van der Waals surface area contributed by atoms with E-state index in [4.69, 9.17) is 0 Å². The monoisotopic (exact) mass is 212 g/mol. The van der Waals surface area contributed by atoms with Crippen LogP contribution in [0.25, 0.3) is 0 Å². The Morgan fingerprint density at radius 2 is 2.20 bits per heavy atom. The first-order valence-corrected chi connectivity index (χ1v) is 5.94. The van der Waals surface area contributed by atoms with E-state index >= 15 is 0 Å². The van der Waals surface area contributed by atoms with Gasteiger partial charge in [-0.15, -0.1) is 0 Å². The Kier molecular flexibility index (Phi) is 4.14. The normalized spacial score (nSPS) is 25.3. The number of hydrogen-bond donors (Lipinski definition) is 2. The lowest BCUT2D eigenvalue weighted by Crippen LogP contribution is -2.55. The molecule has 0 aromatic rings. The molecule has 0 bridgehead atoms. The highest BCUT2D eigenvalue weighted by Crippen LogP contribution is 2.29. The van der Waals surface area contributed by atoms with Crippen LogP contribution in [0.5, 0.6) is 0 Å². The van der Waals surface area contributed by atoms with Crippen molar-refractivity contribution in [3.05, 3.63) is 0 Å². The third-order valence-corrected chi connectivity index (χ3v) is 3.07. The van der Waals surface area contributed by atoms with Crippen molar-refractivity contribution in [3.63, 3.8) is 0 Å². The van der Waals surface area contributed by atoms with E-state index in [1.54, 1.807) is 0 Å². The minimum atomic E-state index is -0.0231. The summed E-state index contributed by atoms with van der Waals surface area (Å²) in [5, 5.41) is 6.33. The average Bonchev–Trinajstić information content (AvgIpc) is 2.13. The zero-order chi connectivity index (χ0) is 11.5. The van der Waals surface area contributed by atoms with Gasteiger partial charge in [-0.3, -0.25) is 4.79 Å². The van der Waals surface area contributed by atoms with Crippen molar-refractivity contribution < 1.29 is 4.79 Å². The SMILES string of the molecule is CC(C)CNC(=O)C1NCCCC1(C)C.